The van der Waals surface area contributed by atoms with Crippen LogP contribution >= 0.6 is 0 Å². The van der Waals surface area contributed by atoms with Gasteiger partial charge in [-0.15, -0.1) is 5.10 Å². The molecule has 2 aromatic rings. The molecular formula is C15H18F3N5O3. The molecule has 2 amide bonds. The summed E-state index contributed by atoms with van der Waals surface area (Å²) >= 11 is 0. The standard InChI is InChI=1S/C15H18F3N5O3/c1-3-26-11-7-5-4-6-10(11)20-13(24)19-8-9-23-14(25)22(2)12(21-23)15(16,17)18/h4-7H,3,8-9H2,1-2H3,(H2,19,20,24). The molecule has 0 spiro atoms. The predicted molar refractivity (Wildman–Crippen MR) is 87.1 cm³/mol. The smallest absolute Gasteiger partial charge is 0.451 e. The van der Waals surface area contributed by atoms with E-state index in [0.717, 1.165) is 7.05 Å². The van der Waals surface area contributed by atoms with Crippen molar-refractivity contribution in [3.8, 4) is 5.75 Å². The molecule has 1 aromatic heterocycles. The molecular weight excluding hydrogens is 355 g/mol. The highest BCUT2D eigenvalue weighted by atomic mass is 19.4. The number of aromatic nitrogens is 3. The molecule has 1 heterocycles. The molecule has 11 heteroatoms. The van der Waals surface area contributed by atoms with Gasteiger partial charge in [0.25, 0.3) is 0 Å². The minimum absolute atomic E-state index is 0.0865. The first-order valence-electron chi connectivity index (χ1n) is 7.71. The predicted octanol–water partition coefficient (Wildman–Crippen LogP) is 1.82. The zero-order valence-electron chi connectivity index (χ0n) is 14.1. The molecule has 0 bridgehead atoms. The average Bonchev–Trinajstić information content (AvgIpc) is 2.85. The zero-order valence-corrected chi connectivity index (χ0v) is 14.1. The van der Waals surface area contributed by atoms with Gasteiger partial charge in [-0.05, 0) is 19.1 Å². The number of nitrogens with zero attached hydrogens (tertiary/aromatic N) is 3. The van der Waals surface area contributed by atoms with E-state index in [1.165, 1.54) is 0 Å². The quantitative estimate of drug-likeness (QED) is 0.808. The number of benzene rings is 1. The van der Waals surface area contributed by atoms with E-state index in [0.29, 0.717) is 27.3 Å². The number of urea groups is 1. The fourth-order valence-corrected chi connectivity index (χ4v) is 2.17. The second-order valence-corrected chi connectivity index (χ2v) is 5.20. The number of carbonyl (C=O) groups is 1. The van der Waals surface area contributed by atoms with E-state index >= 15 is 0 Å². The van der Waals surface area contributed by atoms with Crippen LogP contribution in [0.1, 0.15) is 12.7 Å². The van der Waals surface area contributed by atoms with E-state index in [2.05, 4.69) is 15.7 Å². The van der Waals surface area contributed by atoms with Gasteiger partial charge in [-0.2, -0.15) is 13.2 Å². The van der Waals surface area contributed by atoms with Gasteiger partial charge in [-0.25, -0.2) is 14.3 Å². The molecule has 0 atom stereocenters. The maximum Gasteiger partial charge on any atom is 0.451 e. The minimum atomic E-state index is -4.73. The molecule has 0 aliphatic rings. The fraction of sp³-hybridized carbons (Fsp3) is 0.400. The van der Waals surface area contributed by atoms with Crippen molar-refractivity contribution in [2.45, 2.75) is 19.6 Å². The van der Waals surface area contributed by atoms with Gasteiger partial charge in [0.05, 0.1) is 18.8 Å². The lowest BCUT2D eigenvalue weighted by molar-refractivity contribution is -0.147. The second kappa shape index (κ2) is 7.93. The van der Waals surface area contributed by atoms with Crippen LogP contribution in [0.4, 0.5) is 23.7 Å². The van der Waals surface area contributed by atoms with Crippen molar-refractivity contribution in [1.82, 2.24) is 19.7 Å². The summed E-state index contributed by atoms with van der Waals surface area (Å²) in [4.78, 5) is 23.6. The first kappa shape index (κ1) is 19.3. The van der Waals surface area contributed by atoms with E-state index in [1.807, 2.05) is 0 Å². The van der Waals surface area contributed by atoms with Crippen molar-refractivity contribution >= 4 is 11.7 Å². The molecule has 26 heavy (non-hydrogen) atoms. The Bertz CT molecular complexity index is 829. The highest BCUT2D eigenvalue weighted by Crippen LogP contribution is 2.26. The lowest BCUT2D eigenvalue weighted by atomic mass is 10.3. The van der Waals surface area contributed by atoms with Gasteiger partial charge in [-0.1, -0.05) is 12.1 Å². The molecule has 2 N–H and O–H groups in total. The van der Waals surface area contributed by atoms with E-state index in [-0.39, 0.29) is 13.1 Å². The number of hydrogen-bond donors (Lipinski definition) is 2. The van der Waals surface area contributed by atoms with Gasteiger partial charge >= 0.3 is 17.9 Å². The van der Waals surface area contributed by atoms with Crippen molar-refractivity contribution in [3.05, 3.63) is 40.6 Å². The number of anilines is 1. The van der Waals surface area contributed by atoms with Crippen LogP contribution in [-0.2, 0) is 19.8 Å². The largest absolute Gasteiger partial charge is 0.492 e. The number of rotatable bonds is 6. The van der Waals surface area contributed by atoms with Gasteiger partial charge in [0.1, 0.15) is 5.75 Å². The van der Waals surface area contributed by atoms with Crippen LogP contribution in [0.25, 0.3) is 0 Å². The molecule has 2 rings (SSSR count). The third kappa shape index (κ3) is 4.55. The van der Waals surface area contributed by atoms with E-state index < -0.39 is 23.7 Å². The molecule has 0 unspecified atom stereocenters. The lowest BCUT2D eigenvalue weighted by Gasteiger charge is -2.11. The van der Waals surface area contributed by atoms with Crippen molar-refractivity contribution in [1.29, 1.82) is 0 Å². The van der Waals surface area contributed by atoms with Gasteiger partial charge < -0.3 is 15.4 Å². The summed E-state index contributed by atoms with van der Waals surface area (Å²) in [6, 6.07) is 6.20. The number of carbonyl (C=O) groups excluding carboxylic acids is 1. The first-order chi connectivity index (χ1) is 12.2. The Morgan fingerprint density at radius 3 is 2.62 bits per heavy atom. The number of alkyl halides is 3. The van der Waals surface area contributed by atoms with E-state index in [1.54, 1.807) is 31.2 Å². The normalized spacial score (nSPS) is 11.3. The maximum absolute atomic E-state index is 12.7. The number of ether oxygens (including phenoxy) is 1. The Balaban J connectivity index is 1.95. The third-order valence-corrected chi connectivity index (χ3v) is 3.34. The summed E-state index contributed by atoms with van der Waals surface area (Å²) in [6.45, 7) is 1.93. The summed E-state index contributed by atoms with van der Waals surface area (Å²) < 4.78 is 44.6. The highest BCUT2D eigenvalue weighted by Gasteiger charge is 2.37. The Kier molecular flexibility index (Phi) is 5.90. The van der Waals surface area contributed by atoms with Crippen molar-refractivity contribution in [2.24, 2.45) is 7.05 Å². The first-order valence-corrected chi connectivity index (χ1v) is 7.71. The number of para-hydroxylation sites is 2. The number of nitrogens with one attached hydrogen (secondary N) is 2. The van der Waals surface area contributed by atoms with Crippen molar-refractivity contribution in [2.75, 3.05) is 18.5 Å². The molecule has 1 aromatic carbocycles. The monoisotopic (exact) mass is 373 g/mol. The molecule has 0 aliphatic carbocycles. The number of hydrogen-bond acceptors (Lipinski definition) is 4. The maximum atomic E-state index is 12.7. The Morgan fingerprint density at radius 1 is 1.31 bits per heavy atom. The van der Waals surface area contributed by atoms with Gasteiger partial charge in [-0.3, -0.25) is 4.57 Å². The van der Waals surface area contributed by atoms with Crippen LogP contribution in [0.15, 0.2) is 29.1 Å². The lowest BCUT2D eigenvalue weighted by Crippen LogP contribution is -2.34. The summed E-state index contributed by atoms with van der Waals surface area (Å²) in [5.74, 6) is -0.807. The van der Waals surface area contributed by atoms with Crippen LogP contribution < -0.4 is 21.1 Å². The van der Waals surface area contributed by atoms with E-state index in [9.17, 15) is 22.8 Å². The van der Waals surface area contributed by atoms with Crippen LogP contribution in [-0.4, -0.2) is 33.5 Å². The minimum Gasteiger partial charge on any atom is -0.492 e. The van der Waals surface area contributed by atoms with Crippen molar-refractivity contribution in [3.63, 3.8) is 0 Å². The zero-order chi connectivity index (χ0) is 19.3. The molecule has 142 valence electrons. The van der Waals surface area contributed by atoms with E-state index in [4.69, 9.17) is 4.74 Å². The topological polar surface area (TPSA) is 90.2 Å². The number of amides is 2. The van der Waals surface area contributed by atoms with Crippen LogP contribution in [0.2, 0.25) is 0 Å². The van der Waals surface area contributed by atoms with Gasteiger partial charge in [0.2, 0.25) is 5.82 Å². The summed E-state index contributed by atoms with van der Waals surface area (Å²) in [7, 11) is 0.986. The van der Waals surface area contributed by atoms with Gasteiger partial charge in [0.15, 0.2) is 0 Å². The number of halogens is 3. The summed E-state index contributed by atoms with van der Waals surface area (Å²) in [5.41, 5.74) is -0.470. The summed E-state index contributed by atoms with van der Waals surface area (Å²) in [5, 5.41) is 8.27. The molecule has 0 fully saturated rings. The van der Waals surface area contributed by atoms with Crippen LogP contribution in [0.5, 0.6) is 5.75 Å². The van der Waals surface area contributed by atoms with Crippen LogP contribution in [0, 0.1) is 0 Å². The molecule has 8 nitrogen and oxygen atoms in total. The van der Waals surface area contributed by atoms with Crippen LogP contribution in [0.3, 0.4) is 0 Å². The summed E-state index contributed by atoms with van der Waals surface area (Å²) in [6.07, 6.45) is -4.73. The second-order valence-electron chi connectivity index (χ2n) is 5.20. The highest BCUT2D eigenvalue weighted by molar-refractivity contribution is 5.90. The Labute approximate surface area is 146 Å². The van der Waals surface area contributed by atoms with Crippen molar-refractivity contribution < 1.29 is 22.7 Å². The Hall–Kier alpha value is -2.98. The molecule has 0 aliphatic heterocycles. The average molecular weight is 373 g/mol. The molecule has 0 saturated heterocycles. The SMILES string of the molecule is CCOc1ccccc1NC(=O)NCCn1nc(C(F)(F)F)n(C)c1=O. The fourth-order valence-electron chi connectivity index (χ4n) is 2.17. The molecule has 0 saturated carbocycles. The molecule has 0 radical (unpaired) electrons. The Morgan fingerprint density at radius 2 is 2.00 bits per heavy atom. The van der Waals surface area contributed by atoms with Gasteiger partial charge in [0, 0.05) is 13.6 Å². The third-order valence-electron chi connectivity index (χ3n) is 3.34.